The van der Waals surface area contributed by atoms with Crippen LogP contribution in [0.3, 0.4) is 0 Å². The third-order valence-corrected chi connectivity index (χ3v) is 5.35. The van der Waals surface area contributed by atoms with Crippen LogP contribution in [0.15, 0.2) is 72.0 Å². The maximum Gasteiger partial charge on any atom is 0.261 e. The molecule has 0 aliphatic heterocycles. The number of nitrogens with one attached hydrogen (secondary N) is 1. The molecule has 1 N–H and O–H groups in total. The maximum atomic E-state index is 12.6. The van der Waals surface area contributed by atoms with Gasteiger partial charge in [-0.3, -0.25) is 9.71 Å². The molecule has 0 aliphatic rings. The van der Waals surface area contributed by atoms with Crippen molar-refractivity contribution in [2.24, 2.45) is 0 Å². The third-order valence-electron chi connectivity index (χ3n) is 3.68. The number of alkyl halides is 1. The summed E-state index contributed by atoms with van der Waals surface area (Å²) in [5.41, 5.74) is 1.44. The smallest absolute Gasteiger partial charge is 0.261 e. The summed E-state index contributed by atoms with van der Waals surface area (Å²) < 4.78 is 33.3. The van der Waals surface area contributed by atoms with E-state index >= 15 is 0 Å². The van der Waals surface area contributed by atoms with Gasteiger partial charge in [0.2, 0.25) is 5.88 Å². The maximum absolute atomic E-state index is 12.6. The molecule has 8 heteroatoms. The minimum absolute atomic E-state index is 0.192. The van der Waals surface area contributed by atoms with Crippen LogP contribution in [0.2, 0.25) is 0 Å². The lowest BCUT2D eigenvalue weighted by molar-refractivity contribution is 0.460. The van der Waals surface area contributed by atoms with Gasteiger partial charge in [-0.05, 0) is 42.7 Å². The summed E-state index contributed by atoms with van der Waals surface area (Å²) in [4.78, 5) is 8.14. The second-order valence-corrected chi connectivity index (χ2v) is 7.78. The van der Waals surface area contributed by atoms with Gasteiger partial charge >= 0.3 is 0 Å². The lowest BCUT2D eigenvalue weighted by Crippen LogP contribution is -2.13. The van der Waals surface area contributed by atoms with Crippen molar-refractivity contribution in [1.82, 2.24) is 9.97 Å². The lowest BCUT2D eigenvalue weighted by atomic mass is 10.1. The topological polar surface area (TPSA) is 81.2 Å². The molecule has 0 aliphatic carbocycles. The van der Waals surface area contributed by atoms with Gasteiger partial charge in [0, 0.05) is 24.3 Å². The van der Waals surface area contributed by atoms with Gasteiger partial charge in [-0.1, -0.05) is 18.2 Å². The quantitative estimate of drug-likeness (QED) is 0.569. The molecule has 0 atom stereocenters. The predicted octanol–water partition coefficient (Wildman–Crippen LogP) is 4.24. The Morgan fingerprint density at radius 3 is 2.59 bits per heavy atom. The van der Waals surface area contributed by atoms with Gasteiger partial charge in [0.15, 0.2) is 0 Å². The summed E-state index contributed by atoms with van der Waals surface area (Å²) >= 11 is 5.69. The van der Waals surface area contributed by atoms with Crippen LogP contribution in [0.5, 0.6) is 11.6 Å². The molecule has 1 aromatic heterocycles. The van der Waals surface area contributed by atoms with Crippen molar-refractivity contribution in [2.75, 3.05) is 10.6 Å². The van der Waals surface area contributed by atoms with Crippen molar-refractivity contribution in [3.8, 4) is 11.6 Å². The first-order valence-electron chi connectivity index (χ1n) is 8.28. The molecule has 27 heavy (non-hydrogen) atoms. The van der Waals surface area contributed by atoms with Crippen molar-refractivity contribution < 1.29 is 13.2 Å². The van der Waals surface area contributed by atoms with E-state index in [0.29, 0.717) is 23.2 Å². The number of ether oxygens (including phenoxy) is 1. The number of sulfonamides is 1. The van der Waals surface area contributed by atoms with E-state index in [2.05, 4.69) is 14.7 Å². The summed E-state index contributed by atoms with van der Waals surface area (Å²) in [5.74, 6) is 1.35. The Labute approximate surface area is 163 Å². The van der Waals surface area contributed by atoms with Crippen molar-refractivity contribution in [3.05, 3.63) is 72.7 Å². The molecule has 3 rings (SSSR count). The molecule has 6 nitrogen and oxygen atoms in total. The van der Waals surface area contributed by atoms with Gasteiger partial charge in [-0.2, -0.15) is 0 Å². The Bertz CT molecular complexity index is 981. The minimum atomic E-state index is -3.70. The van der Waals surface area contributed by atoms with Crippen LogP contribution in [-0.4, -0.2) is 24.3 Å². The fraction of sp³-hybridized carbons (Fsp3) is 0.158. The van der Waals surface area contributed by atoms with E-state index in [9.17, 15) is 8.42 Å². The van der Waals surface area contributed by atoms with Crippen molar-refractivity contribution in [2.45, 2.75) is 17.7 Å². The lowest BCUT2D eigenvalue weighted by Gasteiger charge is -2.10. The summed E-state index contributed by atoms with van der Waals surface area (Å²) in [6.07, 6.45) is 6.20. The van der Waals surface area contributed by atoms with Crippen molar-refractivity contribution in [1.29, 1.82) is 0 Å². The Balaban J connectivity index is 1.72. The zero-order valence-corrected chi connectivity index (χ0v) is 15.9. The molecule has 0 unspecified atom stereocenters. The summed E-state index contributed by atoms with van der Waals surface area (Å²) in [5, 5.41) is 0. The van der Waals surface area contributed by atoms with E-state index in [-0.39, 0.29) is 4.90 Å². The zero-order chi connectivity index (χ0) is 19.1. The summed E-state index contributed by atoms with van der Waals surface area (Å²) in [7, 11) is -3.70. The number of aryl methyl sites for hydroxylation is 1. The van der Waals surface area contributed by atoms with Crippen LogP contribution in [0.25, 0.3) is 0 Å². The molecular formula is C19H18ClN3O3S. The molecule has 0 fully saturated rings. The number of aromatic nitrogens is 2. The molecule has 0 spiro atoms. The number of rotatable bonds is 8. The van der Waals surface area contributed by atoms with Gasteiger partial charge in [0.1, 0.15) is 5.75 Å². The number of hydrogen-bond acceptors (Lipinski definition) is 5. The fourth-order valence-corrected chi connectivity index (χ4v) is 3.59. The molecule has 0 amide bonds. The van der Waals surface area contributed by atoms with E-state index in [0.717, 1.165) is 18.4 Å². The number of halogens is 1. The van der Waals surface area contributed by atoms with Crippen LogP contribution < -0.4 is 9.46 Å². The van der Waals surface area contributed by atoms with Gasteiger partial charge in [0.25, 0.3) is 10.0 Å². The molecule has 0 bridgehead atoms. The minimum Gasteiger partial charge on any atom is -0.437 e. The van der Waals surface area contributed by atoms with Crippen LogP contribution in [0.1, 0.15) is 12.0 Å². The molecule has 0 radical (unpaired) electrons. The zero-order valence-electron chi connectivity index (χ0n) is 14.4. The third kappa shape index (κ3) is 5.42. The van der Waals surface area contributed by atoms with Crippen molar-refractivity contribution >= 4 is 27.3 Å². The van der Waals surface area contributed by atoms with Crippen LogP contribution in [0.4, 0.5) is 5.69 Å². The normalized spacial score (nSPS) is 11.1. The van der Waals surface area contributed by atoms with Gasteiger partial charge in [0.05, 0.1) is 16.8 Å². The van der Waals surface area contributed by atoms with Gasteiger partial charge in [-0.15, -0.1) is 11.6 Å². The molecule has 3 aromatic rings. The first-order valence-corrected chi connectivity index (χ1v) is 10.3. The molecule has 140 valence electrons. The number of anilines is 1. The number of benzene rings is 2. The average molecular weight is 404 g/mol. The number of nitrogens with zero attached hydrogens (tertiary/aromatic N) is 2. The summed E-state index contributed by atoms with van der Waals surface area (Å²) in [6, 6.07) is 13.4. The molecule has 2 aromatic carbocycles. The van der Waals surface area contributed by atoms with E-state index in [1.165, 1.54) is 12.4 Å². The monoisotopic (exact) mass is 403 g/mol. The average Bonchev–Trinajstić information content (AvgIpc) is 2.67. The first-order chi connectivity index (χ1) is 13.1. The van der Waals surface area contributed by atoms with Crippen molar-refractivity contribution in [3.63, 3.8) is 0 Å². The van der Waals surface area contributed by atoms with E-state index in [1.807, 2.05) is 0 Å². The Morgan fingerprint density at radius 1 is 1.07 bits per heavy atom. The van der Waals surface area contributed by atoms with Crippen LogP contribution in [-0.2, 0) is 16.4 Å². The van der Waals surface area contributed by atoms with E-state index in [4.69, 9.17) is 16.3 Å². The first kappa shape index (κ1) is 19.1. The SMILES string of the molecule is O=S(=O)(Nc1cccc(Oc2cnccn2)c1)c1ccc(CCCCl)cc1. The molecule has 0 saturated heterocycles. The highest BCUT2D eigenvalue weighted by Crippen LogP contribution is 2.24. The Morgan fingerprint density at radius 2 is 1.89 bits per heavy atom. The highest BCUT2D eigenvalue weighted by Gasteiger charge is 2.14. The molecule has 1 heterocycles. The fourth-order valence-electron chi connectivity index (χ4n) is 2.40. The second-order valence-electron chi connectivity index (χ2n) is 5.72. The highest BCUT2D eigenvalue weighted by molar-refractivity contribution is 7.92. The predicted molar refractivity (Wildman–Crippen MR) is 105 cm³/mol. The Hall–Kier alpha value is -2.64. The summed E-state index contributed by atoms with van der Waals surface area (Å²) in [6.45, 7) is 0. The van der Waals surface area contributed by atoms with Crippen LogP contribution in [0, 0.1) is 0 Å². The van der Waals surface area contributed by atoms with Gasteiger partial charge < -0.3 is 4.74 Å². The van der Waals surface area contributed by atoms with E-state index in [1.54, 1.807) is 54.7 Å². The highest BCUT2D eigenvalue weighted by atomic mass is 35.5. The van der Waals surface area contributed by atoms with E-state index < -0.39 is 10.0 Å². The largest absolute Gasteiger partial charge is 0.437 e. The van der Waals surface area contributed by atoms with Crippen LogP contribution >= 0.6 is 11.6 Å². The molecule has 0 saturated carbocycles. The molecular weight excluding hydrogens is 386 g/mol. The van der Waals surface area contributed by atoms with Gasteiger partial charge in [-0.25, -0.2) is 13.4 Å². The number of hydrogen-bond donors (Lipinski definition) is 1. The Kier molecular flexibility index (Phi) is 6.26. The standard InChI is InChI=1S/C19H18ClN3O3S/c20-10-2-3-15-6-8-18(9-7-15)27(24,25)23-16-4-1-5-17(13-16)26-19-14-21-11-12-22-19/h1,4-9,11-14,23H,2-3,10H2. The second kappa shape index (κ2) is 8.83.